The largest absolute Gasteiger partial charge is 0.362 e. The third-order valence-corrected chi connectivity index (χ3v) is 2.54. The van der Waals surface area contributed by atoms with E-state index in [1.54, 1.807) is 0 Å². The number of ether oxygens (including phenoxy) is 1. The van der Waals surface area contributed by atoms with Gasteiger partial charge in [0.25, 0.3) is 11.8 Å². The predicted molar refractivity (Wildman–Crippen MR) is 55.0 cm³/mol. The summed E-state index contributed by atoms with van der Waals surface area (Å²) in [6.45, 7) is 6.16. The second-order valence-electron chi connectivity index (χ2n) is 4.86. The Morgan fingerprint density at radius 2 is 1.80 bits per heavy atom. The zero-order chi connectivity index (χ0) is 11.6. The Labute approximate surface area is 89.6 Å². The third kappa shape index (κ3) is 3.00. The molecule has 2 amide bonds. The minimum atomic E-state index is -0.300. The van der Waals surface area contributed by atoms with Crippen molar-refractivity contribution in [3.05, 3.63) is 0 Å². The molecule has 0 aromatic heterocycles. The van der Waals surface area contributed by atoms with Crippen LogP contribution in [0.5, 0.6) is 0 Å². The topological polar surface area (TPSA) is 72.6 Å². The second-order valence-corrected chi connectivity index (χ2v) is 4.86. The number of nitrogens with two attached hydrogens (primary N) is 1. The zero-order valence-corrected chi connectivity index (χ0v) is 9.45. The van der Waals surface area contributed by atoms with E-state index >= 15 is 0 Å². The molecule has 1 unspecified atom stereocenters. The molecule has 86 valence electrons. The van der Waals surface area contributed by atoms with Gasteiger partial charge < -0.3 is 10.5 Å². The van der Waals surface area contributed by atoms with Gasteiger partial charge in [0, 0.05) is 12.6 Å². The minimum Gasteiger partial charge on any atom is -0.362 e. The number of rotatable bonds is 2. The zero-order valence-electron chi connectivity index (χ0n) is 9.45. The van der Waals surface area contributed by atoms with Gasteiger partial charge in [0.05, 0.1) is 0 Å². The van der Waals surface area contributed by atoms with Crippen molar-refractivity contribution in [3.8, 4) is 0 Å². The summed E-state index contributed by atoms with van der Waals surface area (Å²) in [4.78, 5) is 24.0. The predicted octanol–water partition coefficient (Wildman–Crippen LogP) is -0.255. The molecule has 1 heterocycles. The van der Waals surface area contributed by atoms with E-state index in [9.17, 15) is 9.59 Å². The molecule has 1 atom stereocenters. The number of morpholine rings is 1. The Morgan fingerprint density at radius 3 is 2.20 bits per heavy atom. The van der Waals surface area contributed by atoms with E-state index in [0.29, 0.717) is 0 Å². The number of carbonyl (C=O) groups excluding carboxylic acids is 2. The molecule has 0 bridgehead atoms. The Hall–Kier alpha value is -0.940. The average molecular weight is 214 g/mol. The summed E-state index contributed by atoms with van der Waals surface area (Å²) in [6.07, 6.45) is 0. The Bertz CT molecular complexity index is 254. The van der Waals surface area contributed by atoms with Crippen LogP contribution in [0.15, 0.2) is 0 Å². The van der Waals surface area contributed by atoms with Gasteiger partial charge in [-0.25, -0.2) is 0 Å². The lowest BCUT2D eigenvalue weighted by Crippen LogP contribution is -2.53. The molecule has 2 N–H and O–H groups in total. The monoisotopic (exact) mass is 214 g/mol. The van der Waals surface area contributed by atoms with E-state index in [1.165, 1.54) is 4.90 Å². The molecule has 15 heavy (non-hydrogen) atoms. The van der Waals surface area contributed by atoms with Gasteiger partial charge in [-0.15, -0.1) is 0 Å². The standard InChI is InChI=1S/C10H18N2O3/c1-10(2,3)7(11)4-12-8(13)5-15-6-9(12)14/h7H,4-6,11H2,1-3H3. The first-order chi connectivity index (χ1) is 6.82. The minimum absolute atomic E-state index is 0.0252. The second kappa shape index (κ2) is 4.28. The van der Waals surface area contributed by atoms with Crippen molar-refractivity contribution in [1.29, 1.82) is 0 Å². The highest BCUT2D eigenvalue weighted by Gasteiger charge is 2.31. The molecule has 0 spiro atoms. The van der Waals surface area contributed by atoms with Gasteiger partial charge >= 0.3 is 0 Å². The van der Waals surface area contributed by atoms with Crippen LogP contribution in [-0.4, -0.2) is 42.5 Å². The lowest BCUT2D eigenvalue weighted by Gasteiger charge is -2.33. The van der Waals surface area contributed by atoms with Crippen LogP contribution >= 0.6 is 0 Å². The number of hydrogen-bond acceptors (Lipinski definition) is 4. The van der Waals surface area contributed by atoms with Crippen LogP contribution in [-0.2, 0) is 14.3 Å². The molecule has 0 aromatic carbocycles. The molecular formula is C10H18N2O3. The molecule has 1 rings (SSSR count). The molecule has 0 aromatic rings. The molecule has 1 aliphatic heterocycles. The van der Waals surface area contributed by atoms with E-state index in [4.69, 9.17) is 10.5 Å². The number of amides is 2. The van der Waals surface area contributed by atoms with Gasteiger partial charge in [-0.2, -0.15) is 0 Å². The van der Waals surface area contributed by atoms with E-state index in [2.05, 4.69) is 0 Å². The lowest BCUT2D eigenvalue weighted by molar-refractivity contribution is -0.159. The van der Waals surface area contributed by atoms with Gasteiger partial charge in [0.1, 0.15) is 13.2 Å². The van der Waals surface area contributed by atoms with Crippen molar-refractivity contribution in [3.63, 3.8) is 0 Å². The Balaban J connectivity index is 2.63. The summed E-state index contributed by atoms with van der Waals surface area (Å²) in [5, 5.41) is 0. The van der Waals surface area contributed by atoms with Gasteiger partial charge in [0.2, 0.25) is 0 Å². The quantitative estimate of drug-likeness (QED) is 0.643. The van der Waals surface area contributed by atoms with E-state index in [1.807, 2.05) is 20.8 Å². The van der Waals surface area contributed by atoms with Crippen molar-refractivity contribution in [2.75, 3.05) is 19.8 Å². The summed E-state index contributed by atoms with van der Waals surface area (Å²) < 4.78 is 4.81. The van der Waals surface area contributed by atoms with Crippen LogP contribution in [0.25, 0.3) is 0 Å². The average Bonchev–Trinajstić information content (AvgIpc) is 2.09. The highest BCUT2D eigenvalue weighted by molar-refractivity contribution is 5.98. The summed E-state index contributed by atoms with van der Waals surface area (Å²) in [7, 11) is 0. The van der Waals surface area contributed by atoms with Gasteiger partial charge in [-0.05, 0) is 5.41 Å². The van der Waals surface area contributed by atoms with Crippen LogP contribution in [0.3, 0.4) is 0 Å². The first kappa shape index (κ1) is 12.1. The number of nitrogens with zero attached hydrogens (tertiary/aromatic N) is 1. The summed E-state index contributed by atoms with van der Waals surface area (Å²) in [5.74, 6) is -0.600. The van der Waals surface area contributed by atoms with E-state index in [0.717, 1.165) is 0 Å². The number of carbonyl (C=O) groups is 2. The SMILES string of the molecule is CC(C)(C)C(N)CN1C(=O)COCC1=O. The molecular weight excluding hydrogens is 196 g/mol. The van der Waals surface area contributed by atoms with Crippen LogP contribution in [0, 0.1) is 5.41 Å². The first-order valence-electron chi connectivity index (χ1n) is 4.99. The van der Waals surface area contributed by atoms with E-state index in [-0.39, 0.29) is 43.0 Å². The maximum Gasteiger partial charge on any atom is 0.255 e. The molecule has 5 nitrogen and oxygen atoms in total. The smallest absolute Gasteiger partial charge is 0.255 e. The highest BCUT2D eigenvalue weighted by atomic mass is 16.5. The molecule has 0 radical (unpaired) electrons. The summed E-state index contributed by atoms with van der Waals surface area (Å²) in [6, 6.07) is -0.219. The Morgan fingerprint density at radius 1 is 1.33 bits per heavy atom. The van der Waals surface area contributed by atoms with Gasteiger partial charge in [-0.3, -0.25) is 14.5 Å². The molecule has 0 aliphatic carbocycles. The molecule has 0 saturated carbocycles. The lowest BCUT2D eigenvalue weighted by atomic mass is 9.87. The highest BCUT2D eigenvalue weighted by Crippen LogP contribution is 2.18. The van der Waals surface area contributed by atoms with Crippen LogP contribution in [0.1, 0.15) is 20.8 Å². The van der Waals surface area contributed by atoms with Crippen molar-refractivity contribution in [1.82, 2.24) is 4.90 Å². The normalized spacial score (nSPS) is 20.7. The van der Waals surface area contributed by atoms with Crippen molar-refractivity contribution in [2.45, 2.75) is 26.8 Å². The molecule has 1 aliphatic rings. The maximum atomic E-state index is 11.4. The third-order valence-electron chi connectivity index (χ3n) is 2.54. The van der Waals surface area contributed by atoms with Crippen LogP contribution in [0.2, 0.25) is 0 Å². The van der Waals surface area contributed by atoms with Crippen molar-refractivity contribution < 1.29 is 14.3 Å². The van der Waals surface area contributed by atoms with Crippen molar-refractivity contribution in [2.24, 2.45) is 11.1 Å². The molecule has 1 fully saturated rings. The maximum absolute atomic E-state index is 11.4. The van der Waals surface area contributed by atoms with E-state index < -0.39 is 0 Å². The number of hydrogen-bond donors (Lipinski definition) is 1. The summed E-state index contributed by atoms with van der Waals surface area (Å²) in [5.41, 5.74) is 5.79. The van der Waals surface area contributed by atoms with Crippen LogP contribution in [0.4, 0.5) is 0 Å². The fourth-order valence-electron chi connectivity index (χ4n) is 1.19. The first-order valence-corrected chi connectivity index (χ1v) is 4.99. The fourth-order valence-corrected chi connectivity index (χ4v) is 1.19. The van der Waals surface area contributed by atoms with Gasteiger partial charge in [0.15, 0.2) is 0 Å². The van der Waals surface area contributed by atoms with Crippen LogP contribution < -0.4 is 5.73 Å². The molecule has 5 heteroatoms. The summed E-state index contributed by atoms with van der Waals surface area (Å²) >= 11 is 0. The van der Waals surface area contributed by atoms with Crippen molar-refractivity contribution >= 4 is 11.8 Å². The molecule has 1 saturated heterocycles. The van der Waals surface area contributed by atoms with Gasteiger partial charge in [-0.1, -0.05) is 20.8 Å². The Kier molecular flexibility index (Phi) is 3.46. The number of imide groups is 1. The fraction of sp³-hybridized carbons (Fsp3) is 0.800.